The van der Waals surface area contributed by atoms with Crippen molar-refractivity contribution >= 4 is 44.6 Å². The highest BCUT2D eigenvalue weighted by atomic mass is 35.5. The molecular weight excluding hydrogens is 338 g/mol. The van der Waals surface area contributed by atoms with Gasteiger partial charge < -0.3 is 4.57 Å². The number of nitro benzene ring substituents is 1. The Bertz CT molecular complexity index is 993. The van der Waals surface area contributed by atoms with Crippen LogP contribution in [0.2, 0.25) is 5.02 Å². The SMILES string of the molecule is N=c1sc2ccccc2n1CC(=O)c1ccc(Cl)c([N+](=O)[O-])c1. The van der Waals surface area contributed by atoms with E-state index in [1.54, 1.807) is 4.57 Å². The number of nitrogens with zero attached hydrogens (tertiary/aromatic N) is 2. The van der Waals surface area contributed by atoms with Crippen LogP contribution in [0, 0.1) is 15.5 Å². The second-order valence-electron chi connectivity index (χ2n) is 4.81. The Morgan fingerprint density at radius 2 is 2.04 bits per heavy atom. The van der Waals surface area contributed by atoms with Crippen molar-refractivity contribution < 1.29 is 9.72 Å². The molecule has 3 rings (SSSR count). The number of aromatic nitrogens is 1. The van der Waals surface area contributed by atoms with Gasteiger partial charge in [-0.05, 0) is 24.3 Å². The number of Topliss-reactive ketones (excluding diaryl/α,β-unsaturated/α-hetero) is 1. The van der Waals surface area contributed by atoms with Crippen LogP contribution in [0.15, 0.2) is 42.5 Å². The molecule has 0 aliphatic carbocycles. The largest absolute Gasteiger partial charge is 0.309 e. The fraction of sp³-hybridized carbons (Fsp3) is 0.0667. The molecule has 1 N–H and O–H groups in total. The molecule has 116 valence electrons. The van der Waals surface area contributed by atoms with Crippen LogP contribution in [0.25, 0.3) is 10.2 Å². The molecule has 1 aromatic heterocycles. The first kappa shape index (κ1) is 15.4. The molecule has 0 spiro atoms. The van der Waals surface area contributed by atoms with E-state index < -0.39 is 4.92 Å². The average molecular weight is 348 g/mol. The molecule has 3 aromatic rings. The maximum Gasteiger partial charge on any atom is 0.288 e. The third kappa shape index (κ3) is 2.88. The van der Waals surface area contributed by atoms with E-state index in [2.05, 4.69) is 0 Å². The molecule has 0 unspecified atom stereocenters. The maximum atomic E-state index is 12.4. The Kier molecular flexibility index (Phi) is 3.97. The van der Waals surface area contributed by atoms with Crippen LogP contribution in [0.5, 0.6) is 0 Å². The van der Waals surface area contributed by atoms with Gasteiger partial charge in [0.1, 0.15) is 5.02 Å². The normalized spacial score (nSPS) is 10.8. The maximum absolute atomic E-state index is 12.4. The molecule has 1 heterocycles. The second kappa shape index (κ2) is 5.94. The Hall–Kier alpha value is -2.51. The summed E-state index contributed by atoms with van der Waals surface area (Å²) in [6.45, 7) is -0.0539. The van der Waals surface area contributed by atoms with Crippen molar-refractivity contribution in [2.45, 2.75) is 6.54 Å². The van der Waals surface area contributed by atoms with Gasteiger partial charge in [0.15, 0.2) is 10.6 Å². The van der Waals surface area contributed by atoms with Crippen LogP contribution in [-0.2, 0) is 6.54 Å². The number of carbonyl (C=O) groups excluding carboxylic acids is 1. The summed E-state index contributed by atoms with van der Waals surface area (Å²) >= 11 is 7.03. The summed E-state index contributed by atoms with van der Waals surface area (Å²) in [5.41, 5.74) is 0.686. The quantitative estimate of drug-likeness (QED) is 0.444. The molecule has 0 saturated heterocycles. The molecule has 23 heavy (non-hydrogen) atoms. The second-order valence-corrected chi connectivity index (χ2v) is 6.25. The number of para-hydroxylation sites is 1. The number of halogens is 1. The van der Waals surface area contributed by atoms with Gasteiger partial charge in [-0.3, -0.25) is 20.3 Å². The summed E-state index contributed by atoms with van der Waals surface area (Å²) in [6, 6.07) is 11.4. The molecule has 0 aliphatic heterocycles. The van der Waals surface area contributed by atoms with Crippen molar-refractivity contribution in [2.24, 2.45) is 0 Å². The molecule has 0 atom stereocenters. The molecule has 0 radical (unpaired) electrons. The minimum absolute atomic E-state index is 0.0126. The van der Waals surface area contributed by atoms with E-state index in [-0.39, 0.29) is 33.4 Å². The van der Waals surface area contributed by atoms with Crippen molar-refractivity contribution in [1.29, 1.82) is 5.41 Å². The predicted octanol–water partition coefficient (Wildman–Crippen LogP) is 3.63. The van der Waals surface area contributed by atoms with Gasteiger partial charge in [-0.25, -0.2) is 0 Å². The van der Waals surface area contributed by atoms with Crippen LogP contribution in [0.4, 0.5) is 5.69 Å². The van der Waals surface area contributed by atoms with Crippen molar-refractivity contribution in [3.63, 3.8) is 0 Å². The molecule has 6 nitrogen and oxygen atoms in total. The number of fused-ring (bicyclic) bond motifs is 1. The molecular formula is C15H10ClN3O3S. The van der Waals surface area contributed by atoms with E-state index in [0.717, 1.165) is 10.2 Å². The summed E-state index contributed by atoms with van der Waals surface area (Å²) in [5.74, 6) is -0.313. The standard InChI is InChI=1S/C15H10ClN3O3S/c16-10-6-5-9(7-12(10)19(21)22)13(20)8-18-11-3-1-2-4-14(11)23-15(18)17/h1-7,17H,8H2. The highest BCUT2D eigenvalue weighted by Gasteiger charge is 2.17. The first-order valence-corrected chi connectivity index (χ1v) is 7.77. The average Bonchev–Trinajstić information content (AvgIpc) is 2.83. The number of rotatable bonds is 4. The summed E-state index contributed by atoms with van der Waals surface area (Å²) < 4.78 is 2.50. The van der Waals surface area contributed by atoms with Gasteiger partial charge in [0.2, 0.25) is 0 Å². The fourth-order valence-corrected chi connectivity index (χ4v) is 3.35. The molecule has 0 saturated carbocycles. The molecule has 2 aromatic carbocycles. The third-order valence-electron chi connectivity index (χ3n) is 3.37. The van der Waals surface area contributed by atoms with Gasteiger partial charge in [-0.15, -0.1) is 0 Å². The zero-order valence-electron chi connectivity index (χ0n) is 11.7. The van der Waals surface area contributed by atoms with Crippen LogP contribution < -0.4 is 4.80 Å². The molecule has 0 fully saturated rings. The number of hydrogen-bond acceptors (Lipinski definition) is 5. The van der Waals surface area contributed by atoms with Gasteiger partial charge in [0.25, 0.3) is 5.69 Å². The van der Waals surface area contributed by atoms with Gasteiger partial charge in [0, 0.05) is 11.6 Å². The van der Waals surface area contributed by atoms with Crippen LogP contribution >= 0.6 is 22.9 Å². The Balaban J connectivity index is 1.98. The summed E-state index contributed by atoms with van der Waals surface area (Å²) in [7, 11) is 0. The van der Waals surface area contributed by atoms with Crippen LogP contribution in [0.3, 0.4) is 0 Å². The lowest BCUT2D eigenvalue weighted by Gasteiger charge is -2.05. The molecule has 0 bridgehead atoms. The van der Waals surface area contributed by atoms with Crippen molar-refractivity contribution in [3.8, 4) is 0 Å². The van der Waals surface area contributed by atoms with Gasteiger partial charge in [0.05, 0.1) is 21.7 Å². The molecule has 8 heteroatoms. The Morgan fingerprint density at radius 1 is 1.30 bits per heavy atom. The summed E-state index contributed by atoms with van der Waals surface area (Å²) in [6.07, 6.45) is 0. The number of nitro groups is 1. The minimum atomic E-state index is -0.623. The van der Waals surface area contributed by atoms with Gasteiger partial charge >= 0.3 is 0 Å². The highest BCUT2D eigenvalue weighted by Crippen LogP contribution is 2.25. The number of nitrogens with one attached hydrogen (secondary N) is 1. The molecule has 0 aliphatic rings. The lowest BCUT2D eigenvalue weighted by Crippen LogP contribution is -2.19. The van der Waals surface area contributed by atoms with E-state index in [4.69, 9.17) is 17.0 Å². The lowest BCUT2D eigenvalue weighted by atomic mass is 10.1. The fourth-order valence-electron chi connectivity index (χ4n) is 2.25. The van der Waals surface area contributed by atoms with Crippen LogP contribution in [-0.4, -0.2) is 15.3 Å². The lowest BCUT2D eigenvalue weighted by molar-refractivity contribution is -0.384. The predicted molar refractivity (Wildman–Crippen MR) is 88.1 cm³/mol. The number of benzene rings is 2. The van der Waals surface area contributed by atoms with Crippen molar-refractivity contribution in [3.05, 3.63) is 68.0 Å². The number of carbonyl (C=O) groups is 1. The number of hydrogen-bond donors (Lipinski definition) is 1. The number of thiazole rings is 1. The zero-order chi connectivity index (χ0) is 16.6. The Morgan fingerprint density at radius 3 is 2.78 bits per heavy atom. The monoisotopic (exact) mass is 347 g/mol. The molecule has 0 amide bonds. The van der Waals surface area contributed by atoms with Crippen molar-refractivity contribution in [1.82, 2.24) is 4.57 Å². The van der Waals surface area contributed by atoms with Gasteiger partial charge in [-0.1, -0.05) is 35.1 Å². The van der Waals surface area contributed by atoms with E-state index in [0.29, 0.717) is 0 Å². The topological polar surface area (TPSA) is 89.0 Å². The van der Waals surface area contributed by atoms with E-state index in [1.165, 1.54) is 29.5 Å². The van der Waals surface area contributed by atoms with Crippen molar-refractivity contribution in [2.75, 3.05) is 0 Å². The third-order valence-corrected chi connectivity index (χ3v) is 4.67. The van der Waals surface area contributed by atoms with E-state index >= 15 is 0 Å². The van der Waals surface area contributed by atoms with Gasteiger partial charge in [-0.2, -0.15) is 0 Å². The number of ketones is 1. The first-order valence-electron chi connectivity index (χ1n) is 6.57. The first-order chi connectivity index (χ1) is 11.0. The minimum Gasteiger partial charge on any atom is -0.309 e. The highest BCUT2D eigenvalue weighted by molar-refractivity contribution is 7.16. The van der Waals surface area contributed by atoms with E-state index in [1.807, 2.05) is 24.3 Å². The zero-order valence-corrected chi connectivity index (χ0v) is 13.2. The smallest absolute Gasteiger partial charge is 0.288 e. The summed E-state index contributed by atoms with van der Waals surface area (Å²) in [5, 5.41) is 18.9. The van der Waals surface area contributed by atoms with Crippen LogP contribution in [0.1, 0.15) is 10.4 Å². The Labute approximate surface area is 139 Å². The van der Waals surface area contributed by atoms with E-state index in [9.17, 15) is 14.9 Å². The summed E-state index contributed by atoms with van der Waals surface area (Å²) in [4.78, 5) is 23.0.